The number of urea groups is 1. The van der Waals surface area contributed by atoms with Crippen LogP contribution in [0.15, 0.2) is 30.3 Å². The van der Waals surface area contributed by atoms with Crippen molar-refractivity contribution in [3.63, 3.8) is 0 Å². The van der Waals surface area contributed by atoms with Crippen LogP contribution in [0.5, 0.6) is 0 Å². The van der Waals surface area contributed by atoms with Crippen LogP contribution < -0.4 is 10.6 Å². The zero-order valence-corrected chi connectivity index (χ0v) is 14.0. The maximum Gasteiger partial charge on any atom is 0.314 e. The van der Waals surface area contributed by atoms with E-state index in [2.05, 4.69) is 39.8 Å². The molecule has 1 fully saturated rings. The lowest BCUT2D eigenvalue weighted by Crippen LogP contribution is -2.44. The second-order valence-electron chi connectivity index (χ2n) is 6.24. The van der Waals surface area contributed by atoms with Gasteiger partial charge in [-0.25, -0.2) is 4.79 Å². The number of hydrogen-bond acceptors (Lipinski definition) is 3. The monoisotopic (exact) mass is 319 g/mol. The number of nitrogens with zero attached hydrogens (tertiary/aromatic N) is 1. The Labute approximate surface area is 139 Å². The van der Waals surface area contributed by atoms with Crippen molar-refractivity contribution in [1.29, 1.82) is 0 Å². The van der Waals surface area contributed by atoms with Gasteiger partial charge >= 0.3 is 6.03 Å². The van der Waals surface area contributed by atoms with E-state index >= 15 is 0 Å². The molecule has 3 N–H and O–H groups in total. The van der Waals surface area contributed by atoms with Gasteiger partial charge in [-0.2, -0.15) is 0 Å². The fraction of sp³-hybridized carbons (Fsp3) is 0.611. The first-order chi connectivity index (χ1) is 11.2. The highest BCUT2D eigenvalue weighted by Gasteiger charge is 2.24. The summed E-state index contributed by atoms with van der Waals surface area (Å²) in [7, 11) is 0. The van der Waals surface area contributed by atoms with Crippen LogP contribution in [0.25, 0.3) is 0 Å². The first kappa shape index (κ1) is 17.8. The van der Waals surface area contributed by atoms with E-state index in [4.69, 9.17) is 0 Å². The summed E-state index contributed by atoms with van der Waals surface area (Å²) >= 11 is 0. The van der Waals surface area contributed by atoms with Crippen LogP contribution >= 0.6 is 0 Å². The van der Waals surface area contributed by atoms with E-state index in [1.54, 1.807) is 0 Å². The lowest BCUT2D eigenvalue weighted by atomic mass is 10.2. The molecular formula is C18H29N3O2. The topological polar surface area (TPSA) is 64.6 Å². The molecule has 1 aromatic rings. The van der Waals surface area contributed by atoms with Crippen LogP contribution in [0, 0.1) is 0 Å². The Hall–Kier alpha value is -1.59. The summed E-state index contributed by atoms with van der Waals surface area (Å²) in [5, 5.41) is 15.2. The minimum atomic E-state index is -0.327. The number of amides is 2. The Bertz CT molecular complexity index is 467. The van der Waals surface area contributed by atoms with E-state index in [1.165, 1.54) is 12.0 Å². The first-order valence-corrected chi connectivity index (χ1v) is 8.66. The normalized spacial score (nSPS) is 19.5. The van der Waals surface area contributed by atoms with Crippen molar-refractivity contribution in [3.8, 4) is 0 Å². The van der Waals surface area contributed by atoms with Crippen molar-refractivity contribution in [2.75, 3.05) is 19.6 Å². The number of hydrogen-bond donors (Lipinski definition) is 3. The van der Waals surface area contributed by atoms with E-state index in [0.29, 0.717) is 25.6 Å². The minimum Gasteiger partial charge on any atom is -0.393 e. The van der Waals surface area contributed by atoms with Gasteiger partial charge in [-0.05, 0) is 37.8 Å². The Balaban J connectivity index is 1.68. The van der Waals surface area contributed by atoms with E-state index < -0.39 is 0 Å². The molecule has 0 aromatic heterocycles. The predicted molar refractivity (Wildman–Crippen MR) is 92.2 cm³/mol. The molecule has 2 atom stereocenters. The van der Waals surface area contributed by atoms with Gasteiger partial charge in [0.1, 0.15) is 0 Å². The summed E-state index contributed by atoms with van der Waals surface area (Å²) < 4.78 is 0. The molecule has 0 radical (unpaired) electrons. The molecule has 5 nitrogen and oxygen atoms in total. The fourth-order valence-corrected chi connectivity index (χ4v) is 2.98. The Kier molecular flexibility index (Phi) is 7.36. The van der Waals surface area contributed by atoms with Crippen molar-refractivity contribution in [3.05, 3.63) is 35.9 Å². The molecule has 1 aliphatic rings. The number of carbonyl (C=O) groups excluding carboxylic acids is 1. The maximum atomic E-state index is 11.8. The van der Waals surface area contributed by atoms with E-state index in [9.17, 15) is 9.90 Å². The molecular weight excluding hydrogens is 290 g/mol. The summed E-state index contributed by atoms with van der Waals surface area (Å²) in [5.41, 5.74) is 1.32. The molecule has 1 aliphatic heterocycles. The van der Waals surface area contributed by atoms with Gasteiger partial charge in [0.2, 0.25) is 0 Å². The zero-order chi connectivity index (χ0) is 16.5. The molecule has 23 heavy (non-hydrogen) atoms. The number of rotatable bonds is 8. The molecule has 0 saturated carbocycles. The molecule has 1 saturated heterocycles. The zero-order valence-electron chi connectivity index (χ0n) is 14.0. The van der Waals surface area contributed by atoms with Crippen LogP contribution in [0.1, 0.15) is 38.2 Å². The summed E-state index contributed by atoms with van der Waals surface area (Å²) in [6, 6.07) is 10.7. The Morgan fingerprint density at radius 3 is 2.87 bits per heavy atom. The number of likely N-dealkylation sites (tertiary alicyclic amines) is 1. The number of nitrogens with one attached hydrogen (secondary N) is 2. The van der Waals surface area contributed by atoms with Gasteiger partial charge in [0.15, 0.2) is 0 Å². The summed E-state index contributed by atoms with van der Waals surface area (Å²) in [4.78, 5) is 14.3. The van der Waals surface area contributed by atoms with Gasteiger partial charge in [-0.15, -0.1) is 0 Å². The third kappa shape index (κ3) is 6.20. The second-order valence-corrected chi connectivity index (χ2v) is 6.24. The molecule has 1 aromatic carbocycles. The summed E-state index contributed by atoms with van der Waals surface area (Å²) in [5.74, 6) is 0. The van der Waals surface area contributed by atoms with E-state index in [-0.39, 0.29) is 12.1 Å². The number of aliphatic hydroxyl groups is 1. The van der Waals surface area contributed by atoms with Gasteiger partial charge in [-0.3, -0.25) is 4.90 Å². The fourth-order valence-electron chi connectivity index (χ4n) is 2.98. The van der Waals surface area contributed by atoms with Crippen molar-refractivity contribution in [2.45, 2.75) is 51.3 Å². The third-order valence-electron chi connectivity index (χ3n) is 4.46. The lowest BCUT2D eigenvalue weighted by molar-refractivity contribution is 0.160. The maximum absolute atomic E-state index is 11.8. The number of aliphatic hydroxyl groups excluding tert-OH is 1. The van der Waals surface area contributed by atoms with Gasteiger partial charge in [0, 0.05) is 25.7 Å². The lowest BCUT2D eigenvalue weighted by Gasteiger charge is -2.24. The van der Waals surface area contributed by atoms with Crippen LogP contribution in [0.2, 0.25) is 0 Å². The van der Waals surface area contributed by atoms with Crippen molar-refractivity contribution in [2.24, 2.45) is 0 Å². The molecule has 2 amide bonds. The van der Waals surface area contributed by atoms with Crippen LogP contribution in [-0.4, -0.2) is 47.8 Å². The Morgan fingerprint density at radius 2 is 2.13 bits per heavy atom. The second kappa shape index (κ2) is 9.53. The number of carbonyl (C=O) groups is 1. The third-order valence-corrected chi connectivity index (χ3v) is 4.46. The highest BCUT2D eigenvalue weighted by Crippen LogP contribution is 2.19. The minimum absolute atomic E-state index is 0.139. The summed E-state index contributed by atoms with van der Waals surface area (Å²) in [6.07, 6.45) is 3.31. The highest BCUT2D eigenvalue weighted by molar-refractivity contribution is 5.73. The van der Waals surface area contributed by atoms with Gasteiger partial charge < -0.3 is 15.7 Å². The SMILES string of the molecule is CCC(O)CCNC(=O)NCC1CCCN1Cc1ccccc1. The van der Waals surface area contributed by atoms with E-state index in [1.807, 2.05) is 13.0 Å². The molecule has 128 valence electrons. The van der Waals surface area contributed by atoms with Crippen LogP contribution in [0.3, 0.4) is 0 Å². The molecule has 0 aliphatic carbocycles. The predicted octanol–water partition coefficient (Wildman–Crippen LogP) is 2.11. The first-order valence-electron chi connectivity index (χ1n) is 8.66. The molecule has 1 heterocycles. The average molecular weight is 319 g/mol. The van der Waals surface area contributed by atoms with Crippen molar-refractivity contribution >= 4 is 6.03 Å². The van der Waals surface area contributed by atoms with Crippen LogP contribution in [-0.2, 0) is 6.54 Å². The standard InChI is InChI=1S/C18H29N3O2/c1-2-17(22)10-11-19-18(23)20-13-16-9-6-12-21(16)14-15-7-4-3-5-8-15/h3-5,7-8,16-17,22H,2,6,9-14H2,1H3,(H2,19,20,23). The average Bonchev–Trinajstić information content (AvgIpc) is 3.00. The Morgan fingerprint density at radius 1 is 1.35 bits per heavy atom. The molecule has 0 spiro atoms. The summed E-state index contributed by atoms with van der Waals surface area (Å²) in [6.45, 7) is 5.16. The smallest absolute Gasteiger partial charge is 0.314 e. The highest BCUT2D eigenvalue weighted by atomic mass is 16.3. The van der Waals surface area contributed by atoms with E-state index in [0.717, 1.165) is 25.9 Å². The quantitative estimate of drug-likeness (QED) is 0.687. The van der Waals surface area contributed by atoms with Crippen LogP contribution in [0.4, 0.5) is 4.79 Å². The largest absolute Gasteiger partial charge is 0.393 e. The molecule has 2 unspecified atom stereocenters. The number of benzene rings is 1. The molecule has 0 bridgehead atoms. The molecule has 2 rings (SSSR count). The van der Waals surface area contributed by atoms with Gasteiger partial charge in [0.05, 0.1) is 6.10 Å². The van der Waals surface area contributed by atoms with Crippen molar-refractivity contribution < 1.29 is 9.90 Å². The van der Waals surface area contributed by atoms with Crippen molar-refractivity contribution in [1.82, 2.24) is 15.5 Å². The van der Waals surface area contributed by atoms with Gasteiger partial charge in [-0.1, -0.05) is 37.3 Å². The van der Waals surface area contributed by atoms with Gasteiger partial charge in [0.25, 0.3) is 0 Å². The molecule has 5 heteroatoms.